The van der Waals surface area contributed by atoms with E-state index in [1.54, 1.807) is 48.5 Å². The fraction of sp³-hybridized carbons (Fsp3) is 0.0645. The van der Waals surface area contributed by atoms with Crippen LogP contribution in [-0.2, 0) is 16.6 Å². The van der Waals surface area contributed by atoms with Gasteiger partial charge in [-0.3, -0.25) is 4.79 Å². The van der Waals surface area contributed by atoms with Gasteiger partial charge in [0.15, 0.2) is 0 Å². The first-order valence-electron chi connectivity index (χ1n) is 12.4. The second kappa shape index (κ2) is 11.6. The van der Waals surface area contributed by atoms with Gasteiger partial charge < -0.3 is 9.30 Å². The van der Waals surface area contributed by atoms with Gasteiger partial charge in [0.1, 0.15) is 24.0 Å². The maximum absolute atomic E-state index is 14.2. The molecule has 1 aromatic heterocycles. The number of aryl methyl sites for hydroxylation is 1. The topological polar surface area (TPSA) is 77.4 Å². The zero-order chi connectivity index (χ0) is 29.1. The molecule has 1 N–H and O–H groups in total. The molecule has 0 radical (unpaired) electrons. The first-order chi connectivity index (χ1) is 19.6. The Labute approximate surface area is 240 Å². The van der Waals surface area contributed by atoms with Gasteiger partial charge in [-0.15, -0.1) is 0 Å². The number of sulfonamides is 1. The second-order valence-corrected chi connectivity index (χ2v) is 11.3. The van der Waals surface area contributed by atoms with Gasteiger partial charge in [-0.25, -0.2) is 21.9 Å². The number of ether oxygens (including phenoxy) is 1. The average molecular weight is 593 g/mol. The number of halogens is 3. The fourth-order valence-electron chi connectivity index (χ4n) is 4.33. The molecule has 0 fully saturated rings. The molecule has 0 spiro atoms. The summed E-state index contributed by atoms with van der Waals surface area (Å²) in [5.74, 6) is -1.77. The van der Waals surface area contributed by atoms with Crippen molar-refractivity contribution in [2.45, 2.75) is 18.4 Å². The van der Waals surface area contributed by atoms with Crippen molar-refractivity contribution in [1.82, 2.24) is 9.29 Å². The van der Waals surface area contributed by atoms with Gasteiger partial charge in [0, 0.05) is 39.2 Å². The highest BCUT2D eigenvalue weighted by molar-refractivity contribution is 7.90. The average Bonchev–Trinajstić information content (AvgIpc) is 3.34. The van der Waals surface area contributed by atoms with Crippen LogP contribution >= 0.6 is 11.6 Å². The number of aromatic nitrogens is 1. The molecule has 0 unspecified atom stereocenters. The molecule has 0 saturated carbocycles. The number of carbonyl (C=O) groups excluding carboxylic acids is 1. The monoisotopic (exact) mass is 592 g/mol. The molecular formula is C31H23ClF2N2O4S. The number of benzene rings is 4. The summed E-state index contributed by atoms with van der Waals surface area (Å²) in [6.45, 7) is 1.69. The van der Waals surface area contributed by atoms with E-state index in [4.69, 9.17) is 16.3 Å². The van der Waals surface area contributed by atoms with E-state index in [9.17, 15) is 22.0 Å². The summed E-state index contributed by atoms with van der Waals surface area (Å²) in [6.07, 6.45) is 0. The summed E-state index contributed by atoms with van der Waals surface area (Å²) in [6, 6.07) is 26.1. The zero-order valence-corrected chi connectivity index (χ0v) is 23.2. The molecule has 0 atom stereocenters. The molecule has 0 aliphatic rings. The first-order valence-corrected chi connectivity index (χ1v) is 14.3. The minimum absolute atomic E-state index is 0.104. The number of hydrogen-bond donors (Lipinski definition) is 1. The molecule has 1 heterocycles. The SMILES string of the molecule is Cc1ccc(-c2cc(Cl)ccc2OCc2ccc(F)cc2F)n1-c1cccc(S(=O)(=O)NC(=O)c2ccccc2)c1. The number of nitrogens with one attached hydrogen (secondary N) is 1. The third-order valence-electron chi connectivity index (χ3n) is 6.34. The number of nitrogens with zero attached hydrogens (tertiary/aromatic N) is 1. The highest BCUT2D eigenvalue weighted by atomic mass is 35.5. The third kappa shape index (κ3) is 6.16. The van der Waals surface area contributed by atoms with Crippen molar-refractivity contribution in [3.05, 3.63) is 137 Å². The van der Waals surface area contributed by atoms with E-state index in [2.05, 4.69) is 4.72 Å². The van der Waals surface area contributed by atoms with Crippen molar-refractivity contribution >= 4 is 27.5 Å². The molecule has 41 heavy (non-hydrogen) atoms. The largest absolute Gasteiger partial charge is 0.488 e. The van der Waals surface area contributed by atoms with E-state index >= 15 is 0 Å². The van der Waals surface area contributed by atoms with Crippen LogP contribution in [0.4, 0.5) is 8.78 Å². The van der Waals surface area contributed by atoms with Crippen LogP contribution in [0.1, 0.15) is 21.6 Å². The molecule has 0 saturated heterocycles. The van der Waals surface area contributed by atoms with Crippen molar-refractivity contribution in [2.75, 3.05) is 0 Å². The highest BCUT2D eigenvalue weighted by Gasteiger charge is 2.21. The lowest BCUT2D eigenvalue weighted by Crippen LogP contribution is -2.30. The Morgan fingerprint density at radius 2 is 1.68 bits per heavy atom. The van der Waals surface area contributed by atoms with Gasteiger partial charge in [0.2, 0.25) is 0 Å². The van der Waals surface area contributed by atoms with Crippen LogP contribution in [-0.4, -0.2) is 18.9 Å². The van der Waals surface area contributed by atoms with E-state index in [1.165, 1.54) is 30.3 Å². The van der Waals surface area contributed by atoms with E-state index in [0.717, 1.165) is 17.8 Å². The van der Waals surface area contributed by atoms with Gasteiger partial charge in [-0.05, 0) is 79.7 Å². The molecule has 208 valence electrons. The molecule has 10 heteroatoms. The van der Waals surface area contributed by atoms with Crippen LogP contribution in [0.15, 0.2) is 108 Å². The van der Waals surface area contributed by atoms with Crippen LogP contribution in [0.5, 0.6) is 5.75 Å². The Kier molecular flexibility index (Phi) is 7.92. The standard InChI is InChI=1S/C31H23ClF2N2O4S/c1-20-10-14-29(27-16-23(32)12-15-30(27)40-19-22-11-13-24(33)17-28(22)34)36(20)25-8-5-9-26(18-25)41(38,39)35-31(37)21-6-3-2-4-7-21/h2-18H,19H2,1H3,(H,35,37). The highest BCUT2D eigenvalue weighted by Crippen LogP contribution is 2.36. The summed E-state index contributed by atoms with van der Waals surface area (Å²) >= 11 is 6.33. The Bertz CT molecular complexity index is 1860. The van der Waals surface area contributed by atoms with Crippen molar-refractivity contribution in [3.8, 4) is 22.7 Å². The van der Waals surface area contributed by atoms with Gasteiger partial charge in [-0.2, -0.15) is 0 Å². The number of hydrogen-bond acceptors (Lipinski definition) is 4. The van der Waals surface area contributed by atoms with Crippen LogP contribution in [0, 0.1) is 18.6 Å². The van der Waals surface area contributed by atoms with Crippen molar-refractivity contribution in [2.24, 2.45) is 0 Å². The maximum atomic E-state index is 14.2. The minimum Gasteiger partial charge on any atom is -0.488 e. The summed E-state index contributed by atoms with van der Waals surface area (Å²) in [5.41, 5.74) is 2.87. The molecule has 0 bridgehead atoms. The van der Waals surface area contributed by atoms with E-state index in [0.29, 0.717) is 27.7 Å². The Balaban J connectivity index is 1.49. The Morgan fingerprint density at radius 3 is 2.44 bits per heavy atom. The quantitative estimate of drug-likeness (QED) is 0.209. The normalized spacial score (nSPS) is 11.3. The fourth-order valence-corrected chi connectivity index (χ4v) is 5.52. The van der Waals surface area contributed by atoms with Crippen LogP contribution in [0.3, 0.4) is 0 Å². The zero-order valence-electron chi connectivity index (χ0n) is 21.6. The molecule has 5 rings (SSSR count). The Hall–Kier alpha value is -4.47. The molecule has 1 amide bonds. The van der Waals surface area contributed by atoms with Gasteiger partial charge in [0.05, 0.1) is 10.6 Å². The number of amides is 1. The van der Waals surface area contributed by atoms with Gasteiger partial charge >= 0.3 is 0 Å². The summed E-state index contributed by atoms with van der Waals surface area (Å²) < 4.78 is 63.6. The van der Waals surface area contributed by atoms with Gasteiger partial charge in [-0.1, -0.05) is 35.9 Å². The summed E-state index contributed by atoms with van der Waals surface area (Å²) in [4.78, 5) is 12.4. The molecule has 4 aromatic carbocycles. The second-order valence-electron chi connectivity index (χ2n) is 9.16. The minimum atomic E-state index is -4.19. The first kappa shape index (κ1) is 28.1. The Morgan fingerprint density at radius 1 is 0.902 bits per heavy atom. The predicted molar refractivity (Wildman–Crippen MR) is 153 cm³/mol. The van der Waals surface area contributed by atoms with E-state index < -0.39 is 27.6 Å². The third-order valence-corrected chi connectivity index (χ3v) is 7.90. The molecule has 0 aliphatic carbocycles. The van der Waals surface area contributed by atoms with Crippen molar-refractivity contribution < 1.29 is 26.7 Å². The van der Waals surface area contributed by atoms with E-state index in [-0.39, 0.29) is 22.6 Å². The lowest BCUT2D eigenvalue weighted by molar-refractivity contribution is 0.0981. The van der Waals surface area contributed by atoms with Crippen LogP contribution in [0.25, 0.3) is 16.9 Å². The molecular weight excluding hydrogens is 570 g/mol. The summed E-state index contributed by atoms with van der Waals surface area (Å²) in [7, 11) is -4.19. The smallest absolute Gasteiger partial charge is 0.264 e. The van der Waals surface area contributed by atoms with Crippen LogP contribution < -0.4 is 9.46 Å². The number of rotatable bonds is 8. The number of carbonyl (C=O) groups is 1. The lowest BCUT2D eigenvalue weighted by Gasteiger charge is -2.17. The van der Waals surface area contributed by atoms with Gasteiger partial charge in [0.25, 0.3) is 15.9 Å². The van der Waals surface area contributed by atoms with Crippen molar-refractivity contribution in [1.29, 1.82) is 0 Å². The molecule has 5 aromatic rings. The van der Waals surface area contributed by atoms with Crippen LogP contribution in [0.2, 0.25) is 5.02 Å². The maximum Gasteiger partial charge on any atom is 0.264 e. The molecule has 6 nitrogen and oxygen atoms in total. The lowest BCUT2D eigenvalue weighted by atomic mass is 10.1. The van der Waals surface area contributed by atoms with E-state index in [1.807, 2.05) is 23.6 Å². The predicted octanol–water partition coefficient (Wildman–Crippen LogP) is 7.08. The molecule has 0 aliphatic heterocycles. The summed E-state index contributed by atoms with van der Waals surface area (Å²) in [5, 5.41) is 0.422. The van der Waals surface area contributed by atoms with Crippen molar-refractivity contribution in [3.63, 3.8) is 0 Å².